The lowest BCUT2D eigenvalue weighted by atomic mass is 10.3. The molecule has 1 amide bonds. The molecule has 1 atom stereocenters. The molecule has 3 N–H and O–H groups in total. The summed E-state index contributed by atoms with van der Waals surface area (Å²) in [4.78, 5) is 13.4. The van der Waals surface area contributed by atoms with Crippen molar-refractivity contribution in [2.24, 2.45) is 5.73 Å². The predicted molar refractivity (Wildman–Crippen MR) is 57.6 cm³/mol. The summed E-state index contributed by atoms with van der Waals surface area (Å²) >= 11 is 4.85. The van der Waals surface area contributed by atoms with E-state index in [4.69, 9.17) is 18.0 Å². The number of carbonyl (C=O) groups excluding carboxylic acids is 1. The first-order chi connectivity index (χ1) is 6.02. The number of nitrogens with two attached hydrogens (primary N) is 1. The van der Waals surface area contributed by atoms with Crippen LogP contribution in [0.25, 0.3) is 0 Å². The van der Waals surface area contributed by atoms with Crippen LogP contribution in [-0.4, -0.2) is 42.0 Å². The van der Waals surface area contributed by atoms with Crippen molar-refractivity contribution in [3.05, 3.63) is 0 Å². The number of hydrogen-bond donors (Lipinski definition) is 2. The number of hydrogen-bond acceptors (Lipinski definition) is 3. The van der Waals surface area contributed by atoms with Gasteiger partial charge in [0.25, 0.3) is 0 Å². The predicted octanol–water partition coefficient (Wildman–Crippen LogP) is -0.271. The average Bonchev–Trinajstić information content (AvgIpc) is 2.12. The third-order valence-electron chi connectivity index (χ3n) is 1.99. The van der Waals surface area contributed by atoms with Gasteiger partial charge in [-0.05, 0) is 13.5 Å². The molecule has 0 rings (SSSR count). The van der Waals surface area contributed by atoms with Crippen molar-refractivity contribution in [3.63, 3.8) is 0 Å². The first kappa shape index (κ1) is 12.3. The van der Waals surface area contributed by atoms with E-state index in [2.05, 4.69) is 5.32 Å². The lowest BCUT2D eigenvalue weighted by Crippen LogP contribution is -2.46. The molecule has 0 spiro atoms. The van der Waals surface area contributed by atoms with Crippen molar-refractivity contribution >= 4 is 23.1 Å². The smallest absolute Gasteiger partial charge is 0.233 e. The summed E-state index contributed by atoms with van der Waals surface area (Å²) < 4.78 is 0. The van der Waals surface area contributed by atoms with Crippen molar-refractivity contribution < 1.29 is 4.79 Å². The van der Waals surface area contributed by atoms with E-state index < -0.39 is 0 Å². The highest BCUT2D eigenvalue weighted by atomic mass is 32.1. The molecule has 0 aliphatic carbocycles. The molecule has 0 aromatic heterocycles. The van der Waals surface area contributed by atoms with Gasteiger partial charge >= 0.3 is 0 Å². The molecule has 0 aliphatic rings. The van der Waals surface area contributed by atoms with Crippen molar-refractivity contribution in [2.75, 3.05) is 20.1 Å². The zero-order valence-corrected chi connectivity index (χ0v) is 9.15. The second kappa shape index (κ2) is 5.88. The Labute approximate surface area is 84.5 Å². The summed E-state index contributed by atoms with van der Waals surface area (Å²) in [5.41, 5.74) is 5.49. The minimum Gasteiger partial charge on any atom is -0.392 e. The minimum absolute atomic E-state index is 0.0232. The van der Waals surface area contributed by atoms with Gasteiger partial charge in [-0.3, -0.25) is 9.69 Å². The minimum atomic E-state index is -0.0303. The molecule has 0 heterocycles. The van der Waals surface area contributed by atoms with Gasteiger partial charge in [0.1, 0.15) is 0 Å². The molecule has 4 nitrogen and oxygen atoms in total. The average molecular weight is 203 g/mol. The van der Waals surface area contributed by atoms with E-state index in [-0.39, 0.29) is 11.9 Å². The highest BCUT2D eigenvalue weighted by Gasteiger charge is 2.16. The van der Waals surface area contributed by atoms with Crippen LogP contribution in [0.15, 0.2) is 0 Å². The molecular formula is C8H17N3OS. The number of nitrogens with zero attached hydrogens (tertiary/aromatic N) is 1. The number of thiocarbonyl (C=S) groups is 1. The van der Waals surface area contributed by atoms with Crippen LogP contribution in [0, 0.1) is 0 Å². The Hall–Kier alpha value is -0.680. The Morgan fingerprint density at radius 2 is 2.23 bits per heavy atom. The van der Waals surface area contributed by atoms with Crippen LogP contribution in [0.4, 0.5) is 0 Å². The van der Waals surface area contributed by atoms with Gasteiger partial charge in [-0.15, -0.1) is 0 Å². The van der Waals surface area contributed by atoms with Gasteiger partial charge in [0.2, 0.25) is 5.91 Å². The molecule has 0 saturated carbocycles. The number of nitrogens with one attached hydrogen (secondary N) is 1. The summed E-state index contributed by atoms with van der Waals surface area (Å²) in [7, 11) is 1.61. The summed E-state index contributed by atoms with van der Waals surface area (Å²) in [5, 5.41) is 2.56. The fraction of sp³-hybridized carbons (Fsp3) is 0.750. The van der Waals surface area contributed by atoms with Crippen LogP contribution in [0.5, 0.6) is 0 Å². The number of amides is 1. The molecule has 0 saturated heterocycles. The quantitative estimate of drug-likeness (QED) is 0.604. The maximum absolute atomic E-state index is 11.1. The third-order valence-corrected chi connectivity index (χ3v) is 2.33. The van der Waals surface area contributed by atoms with Crippen molar-refractivity contribution in [2.45, 2.75) is 19.9 Å². The van der Waals surface area contributed by atoms with Crippen molar-refractivity contribution in [1.29, 1.82) is 0 Å². The zero-order valence-electron chi connectivity index (χ0n) is 8.33. The highest BCUT2D eigenvalue weighted by molar-refractivity contribution is 7.80. The van der Waals surface area contributed by atoms with Crippen molar-refractivity contribution in [1.82, 2.24) is 10.2 Å². The third kappa shape index (κ3) is 4.19. The van der Waals surface area contributed by atoms with E-state index in [1.807, 2.05) is 18.7 Å². The van der Waals surface area contributed by atoms with Gasteiger partial charge in [0.15, 0.2) is 0 Å². The normalized spacial score (nSPS) is 12.6. The standard InChI is InChI=1S/C8H17N3OS/c1-4-11(5-7(12)10-3)6(2)8(9)13/h6H,4-5H2,1-3H3,(H2,9,13)(H,10,12). The first-order valence-electron chi connectivity index (χ1n) is 4.26. The molecule has 0 aliphatic heterocycles. The lowest BCUT2D eigenvalue weighted by molar-refractivity contribution is -0.121. The molecular weight excluding hydrogens is 186 g/mol. The Kier molecular flexibility index (Phi) is 5.57. The fourth-order valence-corrected chi connectivity index (χ4v) is 1.12. The Morgan fingerprint density at radius 1 is 1.69 bits per heavy atom. The summed E-state index contributed by atoms with van der Waals surface area (Å²) in [6.45, 7) is 4.96. The van der Waals surface area contributed by atoms with E-state index >= 15 is 0 Å². The molecule has 0 aromatic carbocycles. The number of carbonyl (C=O) groups is 1. The van der Waals surface area contributed by atoms with Crippen molar-refractivity contribution in [3.8, 4) is 0 Å². The first-order valence-corrected chi connectivity index (χ1v) is 4.67. The SMILES string of the molecule is CCN(CC(=O)NC)C(C)C(N)=S. The molecule has 0 aromatic rings. The summed E-state index contributed by atoms with van der Waals surface area (Å²) in [6.07, 6.45) is 0. The second-order valence-electron chi connectivity index (χ2n) is 2.81. The topological polar surface area (TPSA) is 58.4 Å². The summed E-state index contributed by atoms with van der Waals surface area (Å²) in [5.74, 6) is -0.0232. The van der Waals surface area contributed by atoms with Crippen LogP contribution in [0.3, 0.4) is 0 Å². The highest BCUT2D eigenvalue weighted by Crippen LogP contribution is 1.98. The van der Waals surface area contributed by atoms with E-state index in [0.29, 0.717) is 11.5 Å². The van der Waals surface area contributed by atoms with Crippen LogP contribution in [0.1, 0.15) is 13.8 Å². The molecule has 5 heteroatoms. The maximum atomic E-state index is 11.1. The van der Waals surface area contributed by atoms with Gasteiger partial charge in [-0.25, -0.2) is 0 Å². The van der Waals surface area contributed by atoms with E-state index in [0.717, 1.165) is 6.54 Å². The number of likely N-dealkylation sites (N-methyl/N-ethyl adjacent to an activating group) is 2. The lowest BCUT2D eigenvalue weighted by Gasteiger charge is -2.25. The van der Waals surface area contributed by atoms with E-state index in [1.54, 1.807) is 7.05 Å². The van der Waals surface area contributed by atoms with Crippen LogP contribution >= 0.6 is 12.2 Å². The zero-order chi connectivity index (χ0) is 10.4. The molecule has 76 valence electrons. The summed E-state index contributed by atoms with van der Waals surface area (Å²) in [6, 6.07) is -0.0303. The fourth-order valence-electron chi connectivity index (χ4n) is 0.966. The van der Waals surface area contributed by atoms with Gasteiger partial charge < -0.3 is 11.1 Å². The second-order valence-corrected chi connectivity index (χ2v) is 3.29. The molecule has 0 bridgehead atoms. The van der Waals surface area contributed by atoms with Crippen LogP contribution in [-0.2, 0) is 4.79 Å². The molecule has 1 unspecified atom stereocenters. The Morgan fingerprint density at radius 3 is 2.54 bits per heavy atom. The number of rotatable bonds is 5. The molecule has 0 radical (unpaired) electrons. The largest absolute Gasteiger partial charge is 0.392 e. The maximum Gasteiger partial charge on any atom is 0.233 e. The monoisotopic (exact) mass is 203 g/mol. The van der Waals surface area contributed by atoms with Crippen LogP contribution in [0.2, 0.25) is 0 Å². The van der Waals surface area contributed by atoms with Gasteiger partial charge in [-0.1, -0.05) is 19.1 Å². The Bertz CT molecular complexity index is 196. The van der Waals surface area contributed by atoms with Gasteiger partial charge in [-0.2, -0.15) is 0 Å². The van der Waals surface area contributed by atoms with E-state index in [9.17, 15) is 4.79 Å². The molecule has 0 fully saturated rings. The van der Waals surface area contributed by atoms with Crippen LogP contribution < -0.4 is 11.1 Å². The van der Waals surface area contributed by atoms with E-state index in [1.165, 1.54) is 0 Å². The Balaban J connectivity index is 4.17. The molecule has 13 heavy (non-hydrogen) atoms. The van der Waals surface area contributed by atoms with Gasteiger partial charge in [0.05, 0.1) is 17.6 Å². The van der Waals surface area contributed by atoms with Gasteiger partial charge in [0, 0.05) is 7.05 Å².